The third-order valence-corrected chi connectivity index (χ3v) is 6.86. The van der Waals surface area contributed by atoms with E-state index in [0.717, 1.165) is 43.6 Å². The number of piperidine rings is 2. The van der Waals surface area contributed by atoms with Crippen molar-refractivity contribution in [1.29, 1.82) is 0 Å². The minimum atomic E-state index is -0.824. The molecular formula is C20H26N2O2. The van der Waals surface area contributed by atoms with Gasteiger partial charge in [0, 0.05) is 24.5 Å². The Bertz CT molecular complexity index is 798. The summed E-state index contributed by atoms with van der Waals surface area (Å²) in [6, 6.07) is 8.49. The molecule has 128 valence electrons. The number of benzene rings is 1. The molecule has 5 atom stereocenters. The fourth-order valence-electron chi connectivity index (χ4n) is 6.16. The molecule has 3 aliphatic heterocycles. The summed E-state index contributed by atoms with van der Waals surface area (Å²) in [6.45, 7) is 4.34. The number of hydrogen-bond acceptors (Lipinski definition) is 3. The largest absolute Gasteiger partial charge is 0.382 e. The number of aliphatic hydroxyl groups is 2. The Hall–Kier alpha value is -1.36. The highest BCUT2D eigenvalue weighted by Gasteiger charge is 2.58. The first-order chi connectivity index (χ1) is 11.7. The van der Waals surface area contributed by atoms with E-state index in [-0.39, 0.29) is 12.8 Å². The second-order valence-electron chi connectivity index (χ2n) is 8.00. The minimum Gasteiger partial charge on any atom is -0.382 e. The molecule has 1 saturated carbocycles. The van der Waals surface area contributed by atoms with Gasteiger partial charge in [0.1, 0.15) is 12.3 Å². The zero-order valence-electron chi connectivity index (χ0n) is 14.3. The van der Waals surface area contributed by atoms with Crippen LogP contribution in [-0.2, 0) is 18.8 Å². The Balaban J connectivity index is 1.80. The molecule has 4 aliphatic rings. The van der Waals surface area contributed by atoms with E-state index < -0.39 is 5.60 Å². The molecule has 4 heteroatoms. The van der Waals surface area contributed by atoms with Crippen LogP contribution in [0.3, 0.4) is 0 Å². The first-order valence-corrected chi connectivity index (χ1v) is 9.35. The zero-order chi connectivity index (χ0) is 16.5. The molecule has 1 aliphatic carbocycles. The van der Waals surface area contributed by atoms with E-state index in [0.29, 0.717) is 11.8 Å². The number of nitrogens with zero attached hydrogens (tertiary/aromatic N) is 2. The van der Waals surface area contributed by atoms with E-state index >= 15 is 0 Å². The average molecular weight is 326 g/mol. The van der Waals surface area contributed by atoms with Crippen molar-refractivity contribution in [3.63, 3.8) is 0 Å². The third kappa shape index (κ3) is 1.74. The van der Waals surface area contributed by atoms with Crippen LogP contribution in [0.15, 0.2) is 24.3 Å². The normalized spacial score (nSPS) is 37.5. The van der Waals surface area contributed by atoms with Gasteiger partial charge < -0.3 is 14.8 Å². The highest BCUT2D eigenvalue weighted by molar-refractivity contribution is 5.86. The lowest BCUT2D eigenvalue weighted by Gasteiger charge is -2.57. The summed E-state index contributed by atoms with van der Waals surface area (Å²) in [6.07, 6.45) is 4.17. The number of fused-ring (bicyclic) bond motifs is 4. The monoisotopic (exact) mass is 326 g/mol. The maximum Gasteiger partial charge on any atom is 0.121 e. The van der Waals surface area contributed by atoms with E-state index in [9.17, 15) is 10.2 Å². The Kier molecular flexibility index (Phi) is 3.16. The molecule has 6 rings (SSSR count). The van der Waals surface area contributed by atoms with Crippen molar-refractivity contribution in [3.8, 4) is 0 Å². The van der Waals surface area contributed by atoms with Crippen LogP contribution in [0, 0.1) is 11.8 Å². The van der Waals surface area contributed by atoms with Gasteiger partial charge in [-0.15, -0.1) is 0 Å². The molecular weight excluding hydrogens is 300 g/mol. The zero-order valence-corrected chi connectivity index (χ0v) is 14.3. The summed E-state index contributed by atoms with van der Waals surface area (Å²) in [7, 11) is 0. The van der Waals surface area contributed by atoms with Crippen molar-refractivity contribution < 1.29 is 10.2 Å². The third-order valence-electron chi connectivity index (χ3n) is 6.86. The predicted octanol–water partition coefficient (Wildman–Crippen LogP) is 2.46. The van der Waals surface area contributed by atoms with Gasteiger partial charge in [-0.2, -0.15) is 0 Å². The van der Waals surface area contributed by atoms with Gasteiger partial charge in [0.15, 0.2) is 0 Å². The number of para-hydroxylation sites is 1. The van der Waals surface area contributed by atoms with Crippen molar-refractivity contribution in [2.45, 2.75) is 51.0 Å². The number of rotatable bonds is 2. The molecule has 4 heterocycles. The SMILES string of the molecule is CC[C@H]1C[C@H]2CN3CCc4c(n(CO)c5ccccc45)[C@](O)(C2)[C@H]13. The Morgan fingerprint density at radius 1 is 1.29 bits per heavy atom. The Labute approximate surface area is 142 Å². The highest BCUT2D eigenvalue weighted by Crippen LogP contribution is 2.54. The second-order valence-corrected chi connectivity index (χ2v) is 8.00. The maximum atomic E-state index is 12.0. The molecule has 4 nitrogen and oxygen atoms in total. The lowest BCUT2D eigenvalue weighted by molar-refractivity contribution is -0.163. The summed E-state index contributed by atoms with van der Waals surface area (Å²) in [4.78, 5) is 2.54. The Morgan fingerprint density at radius 2 is 2.12 bits per heavy atom. The van der Waals surface area contributed by atoms with Gasteiger partial charge in [0.05, 0.1) is 11.2 Å². The maximum absolute atomic E-state index is 12.0. The van der Waals surface area contributed by atoms with Crippen LogP contribution >= 0.6 is 0 Å². The standard InChI is InChI=1S/C20H26N2O2/c1-2-14-9-13-10-20(24)18(14)21(11-13)8-7-16-15-5-3-4-6-17(15)22(12-23)19(16)20/h3-6,13-14,18,23-24H,2,7-12H2,1H3/t13-,14+,18+,20+/m1/s1. The summed E-state index contributed by atoms with van der Waals surface area (Å²) in [5.41, 5.74) is 2.49. The van der Waals surface area contributed by atoms with E-state index in [1.807, 2.05) is 10.6 Å². The molecule has 1 aromatic carbocycles. The number of hydrogen-bond donors (Lipinski definition) is 2. The van der Waals surface area contributed by atoms with Gasteiger partial charge in [-0.05, 0) is 42.7 Å². The van der Waals surface area contributed by atoms with Crippen LogP contribution < -0.4 is 0 Å². The van der Waals surface area contributed by atoms with E-state index in [1.165, 1.54) is 17.4 Å². The van der Waals surface area contributed by atoms with Crippen LogP contribution in [0.4, 0.5) is 0 Å². The van der Waals surface area contributed by atoms with Crippen molar-refractivity contribution in [2.24, 2.45) is 11.8 Å². The van der Waals surface area contributed by atoms with Crippen LogP contribution in [0.5, 0.6) is 0 Å². The molecule has 2 saturated heterocycles. The fourth-order valence-corrected chi connectivity index (χ4v) is 6.16. The Morgan fingerprint density at radius 3 is 2.92 bits per heavy atom. The van der Waals surface area contributed by atoms with Gasteiger partial charge in [-0.25, -0.2) is 0 Å². The molecule has 3 fully saturated rings. The summed E-state index contributed by atoms with van der Waals surface area (Å²) in [5.74, 6) is 1.12. The van der Waals surface area contributed by atoms with Crippen LogP contribution in [0.25, 0.3) is 10.9 Å². The smallest absolute Gasteiger partial charge is 0.121 e. The predicted molar refractivity (Wildman–Crippen MR) is 93.6 cm³/mol. The van der Waals surface area contributed by atoms with Crippen LogP contribution in [0.1, 0.15) is 37.4 Å². The van der Waals surface area contributed by atoms with E-state index in [1.54, 1.807) is 0 Å². The topological polar surface area (TPSA) is 48.6 Å². The molecule has 0 amide bonds. The van der Waals surface area contributed by atoms with Crippen molar-refractivity contribution >= 4 is 10.9 Å². The lowest BCUT2D eigenvalue weighted by atomic mass is 9.62. The fraction of sp³-hybridized carbons (Fsp3) is 0.600. The first-order valence-electron chi connectivity index (χ1n) is 9.35. The van der Waals surface area contributed by atoms with Gasteiger partial charge in [0.2, 0.25) is 0 Å². The quantitative estimate of drug-likeness (QED) is 0.891. The highest BCUT2D eigenvalue weighted by atomic mass is 16.3. The van der Waals surface area contributed by atoms with Gasteiger partial charge in [0.25, 0.3) is 0 Å². The average Bonchev–Trinajstić information content (AvgIpc) is 2.89. The minimum absolute atomic E-state index is 0.0632. The summed E-state index contributed by atoms with van der Waals surface area (Å²) < 4.78 is 1.97. The van der Waals surface area contributed by atoms with Crippen molar-refractivity contribution in [1.82, 2.24) is 9.47 Å². The lowest BCUT2D eigenvalue weighted by Crippen LogP contribution is -2.64. The molecule has 0 radical (unpaired) electrons. The number of aromatic nitrogens is 1. The van der Waals surface area contributed by atoms with Crippen molar-refractivity contribution in [3.05, 3.63) is 35.5 Å². The van der Waals surface area contributed by atoms with Gasteiger partial charge in [-0.1, -0.05) is 31.5 Å². The van der Waals surface area contributed by atoms with Crippen molar-refractivity contribution in [2.75, 3.05) is 13.1 Å². The van der Waals surface area contributed by atoms with E-state index in [2.05, 4.69) is 30.0 Å². The molecule has 2 aromatic rings. The second kappa shape index (κ2) is 5.07. The van der Waals surface area contributed by atoms with Crippen LogP contribution in [0.2, 0.25) is 0 Å². The first kappa shape index (κ1) is 14.9. The van der Waals surface area contributed by atoms with E-state index in [4.69, 9.17) is 0 Å². The molecule has 1 unspecified atom stereocenters. The molecule has 24 heavy (non-hydrogen) atoms. The van der Waals surface area contributed by atoms with Gasteiger partial charge >= 0.3 is 0 Å². The summed E-state index contributed by atoms with van der Waals surface area (Å²) in [5, 5.41) is 23.3. The van der Waals surface area contributed by atoms with Gasteiger partial charge in [-0.3, -0.25) is 4.90 Å². The summed E-state index contributed by atoms with van der Waals surface area (Å²) >= 11 is 0. The molecule has 4 bridgehead atoms. The molecule has 1 aromatic heterocycles. The number of aliphatic hydroxyl groups excluding tert-OH is 1. The molecule has 0 spiro atoms. The van der Waals surface area contributed by atoms with Crippen LogP contribution in [-0.4, -0.2) is 38.8 Å². The molecule has 2 N–H and O–H groups in total.